The number of nitrogens with one attached hydrogen (secondary N) is 1. The molecule has 1 aliphatic heterocycles. The maximum atomic E-state index is 5.78. The van der Waals surface area contributed by atoms with Crippen molar-refractivity contribution in [2.45, 2.75) is 0 Å². The van der Waals surface area contributed by atoms with Gasteiger partial charge in [0.15, 0.2) is 5.82 Å². The number of aromatic nitrogens is 5. The highest BCUT2D eigenvalue weighted by molar-refractivity contribution is 6.00. The van der Waals surface area contributed by atoms with Crippen molar-refractivity contribution in [2.24, 2.45) is 16.7 Å². The molecule has 5 N–H and O–H groups in total. The van der Waals surface area contributed by atoms with E-state index in [0.29, 0.717) is 11.2 Å². The molecule has 0 aliphatic carbocycles. The van der Waals surface area contributed by atoms with E-state index in [9.17, 15) is 0 Å². The fraction of sp³-hybridized carbons (Fsp3) is 0.308. The first-order valence-electron chi connectivity index (χ1n) is 7.29. The number of nitrogens with two attached hydrogens (primary N) is 2. The summed E-state index contributed by atoms with van der Waals surface area (Å²) in [5.41, 5.74) is 8.65. The van der Waals surface area contributed by atoms with Gasteiger partial charge in [-0.15, -0.1) is 5.10 Å². The highest BCUT2D eigenvalue weighted by atomic mass is 15.5. The van der Waals surface area contributed by atoms with Crippen LogP contribution in [0.4, 0.5) is 5.82 Å². The van der Waals surface area contributed by atoms with Gasteiger partial charge in [-0.3, -0.25) is 0 Å². The molecule has 1 aliphatic rings. The summed E-state index contributed by atoms with van der Waals surface area (Å²) in [6, 6.07) is 5.53. The summed E-state index contributed by atoms with van der Waals surface area (Å²) in [5, 5.41) is 18.9. The van der Waals surface area contributed by atoms with Crippen molar-refractivity contribution in [1.82, 2.24) is 30.3 Å². The Morgan fingerprint density at radius 1 is 1.26 bits per heavy atom. The molecule has 0 unspecified atom stereocenters. The van der Waals surface area contributed by atoms with Crippen molar-refractivity contribution >= 4 is 28.3 Å². The Labute approximate surface area is 131 Å². The second-order valence-electron chi connectivity index (χ2n) is 5.30. The van der Waals surface area contributed by atoms with Crippen LogP contribution in [0.25, 0.3) is 16.7 Å². The largest absolute Gasteiger partial charge is 0.382 e. The quantitative estimate of drug-likeness (QED) is 0.229. The van der Waals surface area contributed by atoms with Gasteiger partial charge in [0, 0.05) is 31.7 Å². The molecule has 2 aromatic heterocycles. The SMILES string of the molecule is N/N=C(\N)c1ccc2nc(N3CCNCC3)c3nnnn3c2c1. The Balaban J connectivity index is 1.94. The minimum atomic E-state index is 0.249. The van der Waals surface area contributed by atoms with Gasteiger partial charge in [-0.2, -0.15) is 9.62 Å². The molecule has 3 aromatic rings. The number of hydrazone groups is 1. The Morgan fingerprint density at radius 2 is 2.09 bits per heavy atom. The average molecular weight is 312 g/mol. The van der Waals surface area contributed by atoms with Crippen molar-refractivity contribution in [2.75, 3.05) is 31.1 Å². The van der Waals surface area contributed by atoms with Crippen LogP contribution in [0.1, 0.15) is 5.56 Å². The van der Waals surface area contributed by atoms with E-state index < -0.39 is 0 Å². The smallest absolute Gasteiger partial charge is 0.222 e. The number of fused-ring (bicyclic) bond motifs is 3. The molecule has 118 valence electrons. The zero-order valence-corrected chi connectivity index (χ0v) is 12.3. The Kier molecular flexibility index (Phi) is 3.15. The minimum Gasteiger partial charge on any atom is -0.382 e. The second kappa shape index (κ2) is 5.32. The summed E-state index contributed by atoms with van der Waals surface area (Å²) in [4.78, 5) is 6.93. The van der Waals surface area contributed by atoms with Crippen LogP contribution in [-0.2, 0) is 0 Å². The monoisotopic (exact) mass is 312 g/mol. The first-order valence-corrected chi connectivity index (χ1v) is 7.29. The van der Waals surface area contributed by atoms with Crippen LogP contribution in [0.3, 0.4) is 0 Å². The zero-order valence-electron chi connectivity index (χ0n) is 12.3. The van der Waals surface area contributed by atoms with Crippen molar-refractivity contribution in [3.63, 3.8) is 0 Å². The molecule has 0 radical (unpaired) electrons. The van der Waals surface area contributed by atoms with Crippen LogP contribution in [0.2, 0.25) is 0 Å². The fourth-order valence-electron chi connectivity index (χ4n) is 2.76. The van der Waals surface area contributed by atoms with Crippen LogP contribution in [0.5, 0.6) is 0 Å². The van der Waals surface area contributed by atoms with Crippen molar-refractivity contribution in [3.05, 3.63) is 23.8 Å². The van der Waals surface area contributed by atoms with E-state index in [-0.39, 0.29) is 5.84 Å². The van der Waals surface area contributed by atoms with Gasteiger partial charge in [-0.25, -0.2) is 4.98 Å². The van der Waals surface area contributed by atoms with Crippen molar-refractivity contribution < 1.29 is 0 Å². The van der Waals surface area contributed by atoms with Crippen LogP contribution < -0.4 is 21.8 Å². The van der Waals surface area contributed by atoms with E-state index in [4.69, 9.17) is 16.6 Å². The van der Waals surface area contributed by atoms with Gasteiger partial charge >= 0.3 is 0 Å². The summed E-state index contributed by atoms with van der Waals surface area (Å²) in [6.07, 6.45) is 0. The molecule has 10 nitrogen and oxygen atoms in total. The molecule has 0 bridgehead atoms. The molecule has 23 heavy (non-hydrogen) atoms. The van der Waals surface area contributed by atoms with E-state index in [0.717, 1.165) is 43.0 Å². The number of tetrazole rings is 1. The van der Waals surface area contributed by atoms with E-state index in [2.05, 4.69) is 30.8 Å². The molecule has 10 heteroatoms. The summed E-state index contributed by atoms with van der Waals surface area (Å²) in [6.45, 7) is 3.56. The summed E-state index contributed by atoms with van der Waals surface area (Å²) in [5.74, 6) is 6.29. The molecular formula is C13H16N10. The number of nitrogens with zero attached hydrogens (tertiary/aromatic N) is 7. The van der Waals surface area contributed by atoms with E-state index in [1.807, 2.05) is 18.2 Å². The molecule has 0 saturated carbocycles. The molecule has 0 atom stereocenters. The summed E-state index contributed by atoms with van der Waals surface area (Å²) >= 11 is 0. The van der Waals surface area contributed by atoms with Crippen LogP contribution >= 0.6 is 0 Å². The third-order valence-electron chi connectivity index (χ3n) is 3.95. The number of benzene rings is 1. The number of hydrogen-bond acceptors (Lipinski definition) is 8. The molecular weight excluding hydrogens is 296 g/mol. The number of piperazine rings is 1. The molecule has 4 rings (SSSR count). The van der Waals surface area contributed by atoms with Crippen molar-refractivity contribution in [3.8, 4) is 0 Å². The normalized spacial score (nSPS) is 16.3. The number of rotatable bonds is 2. The standard InChI is InChI=1S/C13H16N10/c14-11(18-15)8-1-2-9-10(7-8)23-13(19-20-21-23)12(17-9)22-5-3-16-4-6-22/h1-2,7,16H,3-6,15H2,(H2,14,18). The lowest BCUT2D eigenvalue weighted by Crippen LogP contribution is -2.44. The van der Waals surface area contributed by atoms with E-state index >= 15 is 0 Å². The number of hydrogen-bond donors (Lipinski definition) is 3. The first-order chi connectivity index (χ1) is 11.3. The first kappa shape index (κ1) is 13.6. The molecule has 0 spiro atoms. The van der Waals surface area contributed by atoms with Crippen LogP contribution in [0, 0.1) is 0 Å². The fourth-order valence-corrected chi connectivity index (χ4v) is 2.76. The molecule has 1 fully saturated rings. The lowest BCUT2D eigenvalue weighted by molar-refractivity contribution is 0.586. The number of anilines is 1. The Hall–Kier alpha value is -3.01. The van der Waals surface area contributed by atoms with Gasteiger partial charge in [0.2, 0.25) is 5.65 Å². The lowest BCUT2D eigenvalue weighted by Gasteiger charge is -2.28. The third-order valence-corrected chi connectivity index (χ3v) is 3.95. The average Bonchev–Trinajstić information content (AvgIpc) is 3.10. The summed E-state index contributed by atoms with van der Waals surface area (Å²) < 4.78 is 1.67. The van der Waals surface area contributed by atoms with E-state index in [1.165, 1.54) is 0 Å². The van der Waals surface area contributed by atoms with Gasteiger partial charge in [0.05, 0.1) is 11.0 Å². The maximum Gasteiger partial charge on any atom is 0.222 e. The van der Waals surface area contributed by atoms with Crippen LogP contribution in [0.15, 0.2) is 23.3 Å². The van der Waals surface area contributed by atoms with Gasteiger partial charge < -0.3 is 21.8 Å². The zero-order chi connectivity index (χ0) is 15.8. The maximum absolute atomic E-state index is 5.78. The highest BCUT2D eigenvalue weighted by Gasteiger charge is 2.19. The molecule has 1 saturated heterocycles. The van der Waals surface area contributed by atoms with Gasteiger partial charge in [-0.05, 0) is 28.6 Å². The van der Waals surface area contributed by atoms with E-state index in [1.54, 1.807) is 4.52 Å². The van der Waals surface area contributed by atoms with Gasteiger partial charge in [0.1, 0.15) is 5.84 Å². The lowest BCUT2D eigenvalue weighted by atomic mass is 10.2. The van der Waals surface area contributed by atoms with Crippen molar-refractivity contribution in [1.29, 1.82) is 0 Å². The molecule has 0 amide bonds. The van der Waals surface area contributed by atoms with Gasteiger partial charge in [0.25, 0.3) is 0 Å². The highest BCUT2D eigenvalue weighted by Crippen LogP contribution is 2.23. The molecule has 1 aromatic carbocycles. The van der Waals surface area contributed by atoms with Gasteiger partial charge in [-0.1, -0.05) is 0 Å². The third kappa shape index (κ3) is 2.19. The topological polar surface area (TPSA) is 136 Å². The predicted octanol–water partition coefficient (Wildman–Crippen LogP) is -1.34. The Morgan fingerprint density at radius 3 is 2.87 bits per heavy atom. The summed E-state index contributed by atoms with van der Waals surface area (Å²) in [7, 11) is 0. The second-order valence-corrected chi connectivity index (χ2v) is 5.30. The Bertz CT molecular complexity index is 892. The minimum absolute atomic E-state index is 0.249. The number of amidine groups is 1. The predicted molar refractivity (Wildman–Crippen MR) is 86.1 cm³/mol. The van der Waals surface area contributed by atoms with Crippen LogP contribution in [-0.4, -0.2) is 57.0 Å². The molecule has 3 heterocycles.